The lowest BCUT2D eigenvalue weighted by Gasteiger charge is -2.21. The number of carbonyl (C=O) groups excluding carboxylic acids is 1. The fourth-order valence-electron chi connectivity index (χ4n) is 1.23. The summed E-state index contributed by atoms with van der Waals surface area (Å²) in [5.74, 6) is 1.08. The minimum atomic E-state index is -0.132. The van der Waals surface area contributed by atoms with Crippen molar-refractivity contribution in [3.63, 3.8) is 0 Å². The predicted molar refractivity (Wildman–Crippen MR) is 63.9 cm³/mol. The Morgan fingerprint density at radius 3 is 3.00 bits per heavy atom. The number of thioether (sulfide) groups is 1. The van der Waals surface area contributed by atoms with E-state index in [1.54, 1.807) is 23.9 Å². The molecule has 0 aromatic rings. The summed E-state index contributed by atoms with van der Waals surface area (Å²) in [5.41, 5.74) is 0.936. The third-order valence-electron chi connectivity index (χ3n) is 2.06. The molecular formula is C11H15NO2S. The van der Waals surface area contributed by atoms with Gasteiger partial charge in [0.15, 0.2) is 0 Å². The van der Waals surface area contributed by atoms with Gasteiger partial charge in [0.1, 0.15) is 11.0 Å². The van der Waals surface area contributed by atoms with E-state index in [-0.39, 0.29) is 16.9 Å². The maximum Gasteiger partial charge on any atom is 0.237 e. The van der Waals surface area contributed by atoms with Gasteiger partial charge >= 0.3 is 0 Å². The topological polar surface area (TPSA) is 49.3 Å². The van der Waals surface area contributed by atoms with Gasteiger partial charge in [-0.15, -0.1) is 11.8 Å². The molecule has 1 amide bonds. The zero-order chi connectivity index (χ0) is 11.3. The zero-order valence-corrected chi connectivity index (χ0v) is 9.51. The Bertz CT molecular complexity index is 321. The second kappa shape index (κ2) is 5.66. The van der Waals surface area contributed by atoms with E-state index in [1.165, 1.54) is 6.08 Å². The maximum atomic E-state index is 11.5. The molecule has 0 spiro atoms. The van der Waals surface area contributed by atoms with Gasteiger partial charge in [-0.05, 0) is 19.1 Å². The summed E-state index contributed by atoms with van der Waals surface area (Å²) in [6, 6.07) is 0. The first kappa shape index (κ1) is 11.9. The van der Waals surface area contributed by atoms with Crippen LogP contribution in [0, 0.1) is 0 Å². The molecule has 1 rings (SSSR count). The smallest absolute Gasteiger partial charge is 0.237 e. The molecule has 82 valence electrons. The quantitative estimate of drug-likeness (QED) is 0.568. The number of amides is 1. The Labute approximate surface area is 93.9 Å². The van der Waals surface area contributed by atoms with Gasteiger partial charge in [0, 0.05) is 12.3 Å². The second-order valence-corrected chi connectivity index (χ2v) is 4.46. The Morgan fingerprint density at radius 2 is 2.40 bits per heavy atom. The molecular weight excluding hydrogens is 210 g/mol. The van der Waals surface area contributed by atoms with Crippen LogP contribution in [-0.4, -0.2) is 28.6 Å². The minimum Gasteiger partial charge on any atom is -0.508 e. The van der Waals surface area contributed by atoms with Crippen molar-refractivity contribution in [3.05, 3.63) is 36.1 Å². The van der Waals surface area contributed by atoms with Gasteiger partial charge in [0.2, 0.25) is 5.91 Å². The van der Waals surface area contributed by atoms with Crippen LogP contribution < -0.4 is 5.32 Å². The van der Waals surface area contributed by atoms with Crippen LogP contribution >= 0.6 is 11.8 Å². The summed E-state index contributed by atoms with van der Waals surface area (Å²) in [6.07, 6.45) is 4.65. The monoisotopic (exact) mass is 225 g/mol. The van der Waals surface area contributed by atoms with Crippen LogP contribution in [0.4, 0.5) is 0 Å². The highest BCUT2D eigenvalue weighted by Crippen LogP contribution is 2.21. The number of hydrogen-bond donors (Lipinski definition) is 2. The number of aliphatic hydroxyl groups is 1. The second-order valence-electron chi connectivity index (χ2n) is 3.25. The van der Waals surface area contributed by atoms with Gasteiger partial charge in [-0.2, -0.15) is 0 Å². The molecule has 0 radical (unpaired) electrons. The van der Waals surface area contributed by atoms with Gasteiger partial charge in [0.05, 0.1) is 0 Å². The van der Waals surface area contributed by atoms with Crippen LogP contribution in [0.25, 0.3) is 0 Å². The molecule has 0 aromatic carbocycles. The van der Waals surface area contributed by atoms with Crippen LogP contribution in [0.1, 0.15) is 6.92 Å². The Morgan fingerprint density at radius 1 is 1.67 bits per heavy atom. The normalized spacial score (nSPS) is 23.5. The largest absolute Gasteiger partial charge is 0.508 e. The minimum absolute atomic E-state index is 0.0477. The molecule has 2 N–H and O–H groups in total. The number of aliphatic hydroxyl groups excluding tert-OH is 1. The van der Waals surface area contributed by atoms with E-state index in [9.17, 15) is 4.79 Å². The van der Waals surface area contributed by atoms with Crippen LogP contribution in [0.3, 0.4) is 0 Å². The lowest BCUT2D eigenvalue weighted by Crippen LogP contribution is -2.39. The summed E-state index contributed by atoms with van der Waals surface area (Å²) in [7, 11) is 0. The average Bonchev–Trinajstić information content (AvgIpc) is 2.26. The van der Waals surface area contributed by atoms with Gasteiger partial charge in [0.25, 0.3) is 0 Å². The van der Waals surface area contributed by atoms with Gasteiger partial charge in [-0.3, -0.25) is 4.79 Å². The van der Waals surface area contributed by atoms with Crippen molar-refractivity contribution in [3.8, 4) is 0 Å². The first-order valence-corrected chi connectivity index (χ1v) is 5.79. The molecule has 1 unspecified atom stereocenters. The molecule has 1 heterocycles. The molecule has 1 aliphatic rings. The average molecular weight is 225 g/mol. The lowest BCUT2D eigenvalue weighted by molar-refractivity contribution is -0.120. The summed E-state index contributed by atoms with van der Waals surface area (Å²) in [4.78, 5) is 11.5. The van der Waals surface area contributed by atoms with E-state index in [2.05, 4.69) is 11.9 Å². The fraction of sp³-hybridized carbons (Fsp3) is 0.364. The molecule has 3 nitrogen and oxygen atoms in total. The standard InChI is InChI=1S/C11H15NO2S/c1-3-9(13)5-4-8(2)10-11(14)12-6-7-15-10/h3-5,10,13H,1,6-7H2,2H3,(H,12,14)/b8-4+,9-5+. The first-order valence-electron chi connectivity index (χ1n) is 4.74. The molecule has 1 fully saturated rings. The van der Waals surface area contributed by atoms with Crippen LogP contribution in [-0.2, 0) is 4.79 Å². The Hall–Kier alpha value is -1.16. The number of carbonyl (C=O) groups is 1. The predicted octanol–water partition coefficient (Wildman–Crippen LogP) is 1.79. The summed E-state index contributed by atoms with van der Waals surface area (Å²) in [5, 5.41) is 11.8. The molecule has 4 heteroatoms. The van der Waals surface area contributed by atoms with Crippen LogP contribution in [0.2, 0.25) is 0 Å². The maximum absolute atomic E-state index is 11.5. The molecule has 1 aliphatic heterocycles. The summed E-state index contributed by atoms with van der Waals surface area (Å²) >= 11 is 1.62. The van der Waals surface area contributed by atoms with Gasteiger partial charge in [-0.25, -0.2) is 0 Å². The first-order chi connectivity index (χ1) is 7.15. The molecule has 1 saturated heterocycles. The van der Waals surface area contributed by atoms with Crippen LogP contribution in [0.15, 0.2) is 36.1 Å². The van der Waals surface area contributed by atoms with Crippen molar-refractivity contribution >= 4 is 17.7 Å². The highest BCUT2D eigenvalue weighted by molar-refractivity contribution is 8.00. The summed E-state index contributed by atoms with van der Waals surface area (Å²) < 4.78 is 0. The third-order valence-corrected chi connectivity index (χ3v) is 3.42. The summed E-state index contributed by atoms with van der Waals surface area (Å²) in [6.45, 7) is 6.06. The number of rotatable bonds is 3. The van der Waals surface area contributed by atoms with Crippen molar-refractivity contribution < 1.29 is 9.90 Å². The zero-order valence-electron chi connectivity index (χ0n) is 8.69. The van der Waals surface area contributed by atoms with E-state index in [0.29, 0.717) is 0 Å². The Balaban J connectivity index is 2.69. The van der Waals surface area contributed by atoms with E-state index < -0.39 is 0 Å². The highest BCUT2D eigenvalue weighted by Gasteiger charge is 2.23. The third kappa shape index (κ3) is 3.47. The lowest BCUT2D eigenvalue weighted by atomic mass is 10.1. The van der Waals surface area contributed by atoms with Crippen molar-refractivity contribution in [2.24, 2.45) is 0 Å². The molecule has 0 bridgehead atoms. The van der Waals surface area contributed by atoms with E-state index in [0.717, 1.165) is 17.9 Å². The van der Waals surface area contributed by atoms with E-state index >= 15 is 0 Å². The SMILES string of the molecule is C=C/C(O)=C\C=C(/C)C1SCCNC1=O. The van der Waals surface area contributed by atoms with Gasteiger partial charge < -0.3 is 10.4 Å². The molecule has 15 heavy (non-hydrogen) atoms. The van der Waals surface area contributed by atoms with Gasteiger partial charge in [-0.1, -0.05) is 18.2 Å². The van der Waals surface area contributed by atoms with Crippen molar-refractivity contribution in [1.29, 1.82) is 0 Å². The molecule has 0 aromatic heterocycles. The fourth-order valence-corrected chi connectivity index (χ4v) is 2.26. The number of nitrogens with one attached hydrogen (secondary N) is 1. The number of hydrogen-bond acceptors (Lipinski definition) is 3. The Kier molecular flexibility index (Phi) is 4.49. The van der Waals surface area contributed by atoms with Crippen molar-refractivity contribution in [2.75, 3.05) is 12.3 Å². The molecule has 0 aliphatic carbocycles. The van der Waals surface area contributed by atoms with Crippen LogP contribution in [0.5, 0.6) is 0 Å². The van der Waals surface area contributed by atoms with E-state index in [4.69, 9.17) is 5.11 Å². The van der Waals surface area contributed by atoms with Crippen molar-refractivity contribution in [1.82, 2.24) is 5.32 Å². The highest BCUT2D eigenvalue weighted by atomic mass is 32.2. The molecule has 1 atom stereocenters. The van der Waals surface area contributed by atoms with E-state index in [1.807, 2.05) is 6.92 Å². The van der Waals surface area contributed by atoms with Crippen molar-refractivity contribution in [2.45, 2.75) is 12.2 Å². The molecule has 0 saturated carbocycles. The number of allylic oxidation sites excluding steroid dienone is 3.